The highest BCUT2D eigenvalue weighted by molar-refractivity contribution is 7.91. The van der Waals surface area contributed by atoms with Gasteiger partial charge in [0.15, 0.2) is 9.84 Å². The van der Waals surface area contributed by atoms with Crippen LogP contribution in [0.3, 0.4) is 0 Å². The Morgan fingerprint density at radius 2 is 1.94 bits per heavy atom. The summed E-state index contributed by atoms with van der Waals surface area (Å²) in [5.74, 6) is -0.367. The number of benzene rings is 1. The van der Waals surface area contributed by atoms with Gasteiger partial charge < -0.3 is 5.32 Å². The molecule has 0 spiro atoms. The highest BCUT2D eigenvalue weighted by Gasteiger charge is 2.17. The van der Waals surface area contributed by atoms with Crippen molar-refractivity contribution in [1.82, 2.24) is 5.32 Å². The minimum absolute atomic E-state index is 0.0619. The summed E-state index contributed by atoms with van der Waals surface area (Å²) in [7, 11) is -3.06. The molecule has 0 fully saturated rings. The van der Waals surface area contributed by atoms with Crippen molar-refractivity contribution in [2.24, 2.45) is 0 Å². The van der Waals surface area contributed by atoms with Crippen LogP contribution in [-0.4, -0.2) is 32.4 Å². The summed E-state index contributed by atoms with van der Waals surface area (Å²) in [5, 5.41) is 1.73. The minimum atomic E-state index is -3.06. The number of halogens is 1. The molecule has 6 heteroatoms. The van der Waals surface area contributed by atoms with Crippen LogP contribution in [0.25, 0.3) is 0 Å². The Hall–Kier alpha value is -1.07. The maximum absolute atomic E-state index is 11.7. The molecule has 0 bridgehead atoms. The molecule has 0 saturated heterocycles. The van der Waals surface area contributed by atoms with Gasteiger partial charge >= 0.3 is 0 Å². The lowest BCUT2D eigenvalue weighted by Gasteiger charge is -2.10. The van der Waals surface area contributed by atoms with E-state index in [-0.39, 0.29) is 24.0 Å². The number of alkyl halides is 1. The summed E-state index contributed by atoms with van der Waals surface area (Å²) in [6, 6.07) is 8.91. The molecule has 1 atom stereocenters. The van der Waals surface area contributed by atoms with Crippen LogP contribution in [-0.2, 0) is 14.6 Å². The number of rotatable bonds is 6. The molecular weight excluding hydrogens is 274 g/mol. The molecule has 1 aromatic carbocycles. The van der Waals surface area contributed by atoms with Crippen molar-refractivity contribution in [3.63, 3.8) is 0 Å². The van der Waals surface area contributed by atoms with Gasteiger partial charge in [-0.15, -0.1) is 11.6 Å². The van der Waals surface area contributed by atoms with E-state index in [1.165, 1.54) is 0 Å². The van der Waals surface area contributed by atoms with E-state index in [1.807, 2.05) is 6.07 Å². The first-order valence-corrected chi connectivity index (χ1v) is 7.89. The van der Waals surface area contributed by atoms with E-state index in [1.54, 1.807) is 31.2 Å². The predicted octanol–water partition coefficient (Wildman–Crippen LogP) is 1.52. The highest BCUT2D eigenvalue weighted by atomic mass is 35.5. The van der Waals surface area contributed by atoms with E-state index < -0.39 is 15.2 Å². The number of hydrogen-bond acceptors (Lipinski definition) is 3. The maximum atomic E-state index is 11.7. The summed E-state index contributed by atoms with van der Waals surface area (Å²) in [5.41, 5.74) is 0.690. The van der Waals surface area contributed by atoms with Crippen LogP contribution in [0.5, 0.6) is 0 Å². The third-order valence-electron chi connectivity index (χ3n) is 2.47. The molecule has 1 unspecified atom stereocenters. The Balaban J connectivity index is 2.47. The van der Waals surface area contributed by atoms with Crippen molar-refractivity contribution in [3.8, 4) is 0 Å². The Bertz CT molecular complexity index is 487. The van der Waals surface area contributed by atoms with Crippen LogP contribution in [0.4, 0.5) is 0 Å². The van der Waals surface area contributed by atoms with E-state index in [9.17, 15) is 13.2 Å². The van der Waals surface area contributed by atoms with Crippen molar-refractivity contribution in [2.75, 3.05) is 18.1 Å². The Kier molecular flexibility index (Phi) is 5.62. The largest absolute Gasteiger partial charge is 0.354 e. The number of hydrogen-bond donors (Lipinski definition) is 1. The third-order valence-corrected chi connectivity index (χ3v) is 4.63. The molecule has 1 aromatic rings. The lowest BCUT2D eigenvalue weighted by molar-refractivity contribution is -0.120. The lowest BCUT2D eigenvalue weighted by atomic mass is 10.1. The molecule has 18 heavy (non-hydrogen) atoms. The molecule has 1 N–H and O–H groups in total. The van der Waals surface area contributed by atoms with Crippen molar-refractivity contribution in [3.05, 3.63) is 35.9 Å². The Morgan fingerprint density at radius 3 is 2.50 bits per heavy atom. The lowest BCUT2D eigenvalue weighted by Crippen LogP contribution is -2.31. The van der Waals surface area contributed by atoms with E-state index in [2.05, 4.69) is 5.32 Å². The van der Waals surface area contributed by atoms with Gasteiger partial charge in [-0.05, 0) is 5.56 Å². The molecule has 0 aliphatic rings. The second kappa shape index (κ2) is 6.75. The molecule has 1 rings (SSSR count). The van der Waals surface area contributed by atoms with Crippen molar-refractivity contribution < 1.29 is 13.2 Å². The van der Waals surface area contributed by atoms with Crippen molar-refractivity contribution in [1.29, 1.82) is 0 Å². The fourth-order valence-electron chi connectivity index (χ4n) is 1.34. The predicted molar refractivity (Wildman–Crippen MR) is 72.4 cm³/mol. The fourth-order valence-corrected chi connectivity index (χ4v) is 2.26. The standard InChI is InChI=1S/C12H16ClNO3S/c1-2-18(16,17)9-8-14-12(15)11(13)10-6-4-3-5-7-10/h3-7,11H,2,8-9H2,1H3,(H,14,15). The van der Waals surface area contributed by atoms with E-state index in [0.717, 1.165) is 0 Å². The molecule has 100 valence electrons. The Labute approximate surface area is 112 Å². The summed E-state index contributed by atoms with van der Waals surface area (Å²) >= 11 is 5.98. The summed E-state index contributed by atoms with van der Waals surface area (Å²) in [6.07, 6.45) is 0. The number of carbonyl (C=O) groups is 1. The zero-order valence-corrected chi connectivity index (χ0v) is 11.7. The normalized spacial score (nSPS) is 13.0. The zero-order valence-electron chi connectivity index (χ0n) is 10.1. The van der Waals surface area contributed by atoms with Gasteiger partial charge in [-0.3, -0.25) is 4.79 Å². The number of carbonyl (C=O) groups excluding carboxylic acids is 1. The van der Waals surface area contributed by atoms with Crippen LogP contribution in [0, 0.1) is 0 Å². The number of sulfone groups is 1. The van der Waals surface area contributed by atoms with Gasteiger partial charge in [-0.2, -0.15) is 0 Å². The molecular formula is C12H16ClNO3S. The topological polar surface area (TPSA) is 63.2 Å². The fraction of sp³-hybridized carbons (Fsp3) is 0.417. The SMILES string of the molecule is CCS(=O)(=O)CCNC(=O)C(Cl)c1ccccc1. The van der Waals surface area contributed by atoms with Gasteiger partial charge in [-0.25, -0.2) is 8.42 Å². The van der Waals surface area contributed by atoms with Crippen molar-refractivity contribution >= 4 is 27.3 Å². The van der Waals surface area contributed by atoms with Crippen LogP contribution in [0.2, 0.25) is 0 Å². The third kappa shape index (κ3) is 4.66. The van der Waals surface area contributed by atoms with Gasteiger partial charge in [-0.1, -0.05) is 37.3 Å². The summed E-state index contributed by atoms with van der Waals surface area (Å²) < 4.78 is 22.5. The van der Waals surface area contributed by atoms with Crippen LogP contribution >= 0.6 is 11.6 Å². The smallest absolute Gasteiger partial charge is 0.242 e. The van der Waals surface area contributed by atoms with E-state index in [0.29, 0.717) is 5.56 Å². The van der Waals surface area contributed by atoms with Crippen molar-refractivity contribution in [2.45, 2.75) is 12.3 Å². The molecule has 0 saturated carbocycles. The number of nitrogens with one attached hydrogen (secondary N) is 1. The van der Waals surface area contributed by atoms with E-state index >= 15 is 0 Å². The van der Waals surface area contributed by atoms with Crippen LogP contribution in [0.1, 0.15) is 17.9 Å². The average Bonchev–Trinajstić information content (AvgIpc) is 2.38. The van der Waals surface area contributed by atoms with Crippen LogP contribution < -0.4 is 5.32 Å². The quantitative estimate of drug-likeness (QED) is 0.808. The monoisotopic (exact) mass is 289 g/mol. The Morgan fingerprint density at radius 1 is 1.33 bits per heavy atom. The van der Waals surface area contributed by atoms with Gasteiger partial charge in [0.2, 0.25) is 5.91 Å². The molecule has 0 aliphatic carbocycles. The first-order chi connectivity index (χ1) is 8.46. The molecule has 4 nitrogen and oxygen atoms in total. The molecule has 1 amide bonds. The van der Waals surface area contributed by atoms with E-state index in [4.69, 9.17) is 11.6 Å². The second-order valence-electron chi connectivity index (χ2n) is 3.80. The molecule has 0 aliphatic heterocycles. The molecule has 0 heterocycles. The second-order valence-corrected chi connectivity index (χ2v) is 6.71. The first kappa shape index (κ1) is 15.0. The highest BCUT2D eigenvalue weighted by Crippen LogP contribution is 2.19. The summed E-state index contributed by atoms with van der Waals surface area (Å²) in [4.78, 5) is 11.7. The summed E-state index contributed by atoms with van der Waals surface area (Å²) in [6.45, 7) is 1.66. The van der Waals surface area contributed by atoms with Gasteiger partial charge in [0.05, 0.1) is 5.75 Å². The average molecular weight is 290 g/mol. The van der Waals surface area contributed by atoms with Crippen LogP contribution in [0.15, 0.2) is 30.3 Å². The minimum Gasteiger partial charge on any atom is -0.354 e. The van der Waals surface area contributed by atoms with Gasteiger partial charge in [0, 0.05) is 12.3 Å². The molecule has 0 aromatic heterocycles. The first-order valence-electron chi connectivity index (χ1n) is 5.63. The van der Waals surface area contributed by atoms with Gasteiger partial charge in [0.1, 0.15) is 5.38 Å². The maximum Gasteiger partial charge on any atom is 0.242 e. The van der Waals surface area contributed by atoms with Gasteiger partial charge in [0.25, 0.3) is 0 Å². The number of amides is 1. The zero-order chi connectivity index (χ0) is 13.6. The molecule has 0 radical (unpaired) electrons.